The van der Waals surface area contributed by atoms with Crippen molar-refractivity contribution in [3.63, 3.8) is 0 Å². The van der Waals surface area contributed by atoms with E-state index >= 15 is 0 Å². The summed E-state index contributed by atoms with van der Waals surface area (Å²) in [6.45, 7) is 1.54. The van der Waals surface area contributed by atoms with Crippen LogP contribution in [-0.2, 0) is 4.79 Å². The number of methoxy groups -OCH3 is 1. The number of hydrogen-bond acceptors (Lipinski definition) is 4. The Morgan fingerprint density at radius 1 is 1.45 bits per heavy atom. The lowest BCUT2D eigenvalue weighted by atomic mass is 9.98. The number of piperidine rings is 1. The molecule has 0 saturated carbocycles. The molecule has 1 saturated heterocycles. The van der Waals surface area contributed by atoms with Gasteiger partial charge in [0.2, 0.25) is 5.91 Å². The first-order chi connectivity index (χ1) is 9.61. The zero-order valence-corrected chi connectivity index (χ0v) is 11.3. The van der Waals surface area contributed by atoms with Crippen molar-refractivity contribution in [3.05, 3.63) is 23.8 Å². The van der Waals surface area contributed by atoms with E-state index in [9.17, 15) is 9.59 Å². The van der Waals surface area contributed by atoms with Crippen LogP contribution in [0.1, 0.15) is 23.2 Å². The summed E-state index contributed by atoms with van der Waals surface area (Å²) in [6.07, 6.45) is 1.76. The molecule has 0 bridgehead atoms. The average Bonchev–Trinajstić information content (AvgIpc) is 2.47. The molecule has 1 aromatic carbocycles. The standard InChI is InChI=1S/C14H18N2O4/c1-20-10-4-5-11(14(18)19)12(7-10)16-13(17)9-3-2-6-15-8-9/h4-5,7,9,15H,2-3,6,8H2,1H3,(H,16,17)(H,18,19)/t9-/m1/s1. The van der Waals surface area contributed by atoms with Crippen molar-refractivity contribution in [1.82, 2.24) is 5.32 Å². The molecule has 20 heavy (non-hydrogen) atoms. The predicted molar refractivity (Wildman–Crippen MR) is 74.2 cm³/mol. The number of aromatic carboxylic acids is 1. The molecule has 2 rings (SSSR count). The summed E-state index contributed by atoms with van der Waals surface area (Å²) in [7, 11) is 1.49. The van der Waals surface area contributed by atoms with Gasteiger partial charge in [0, 0.05) is 12.6 Å². The Labute approximate surface area is 117 Å². The fourth-order valence-corrected chi connectivity index (χ4v) is 2.25. The molecule has 3 N–H and O–H groups in total. The molecule has 1 amide bonds. The molecule has 1 aliphatic rings. The van der Waals surface area contributed by atoms with Gasteiger partial charge in [0.05, 0.1) is 24.3 Å². The molecule has 1 aliphatic heterocycles. The summed E-state index contributed by atoms with van der Waals surface area (Å²) >= 11 is 0. The SMILES string of the molecule is COc1ccc(C(=O)O)c(NC(=O)[C@@H]2CCCNC2)c1. The number of ether oxygens (including phenoxy) is 1. The number of carbonyl (C=O) groups excluding carboxylic acids is 1. The van der Waals surface area contributed by atoms with E-state index in [4.69, 9.17) is 9.84 Å². The van der Waals surface area contributed by atoms with E-state index < -0.39 is 5.97 Å². The molecular formula is C14H18N2O4. The van der Waals surface area contributed by atoms with Crippen LogP contribution in [0.5, 0.6) is 5.75 Å². The molecule has 108 valence electrons. The van der Waals surface area contributed by atoms with Gasteiger partial charge in [-0.05, 0) is 31.5 Å². The fraction of sp³-hybridized carbons (Fsp3) is 0.429. The van der Waals surface area contributed by atoms with Gasteiger partial charge in [-0.15, -0.1) is 0 Å². The normalized spacial score (nSPS) is 18.4. The monoisotopic (exact) mass is 278 g/mol. The van der Waals surface area contributed by atoms with Gasteiger partial charge in [0.15, 0.2) is 0 Å². The molecule has 6 nitrogen and oxygen atoms in total. The second-order valence-electron chi connectivity index (χ2n) is 4.75. The number of carboxylic acid groups (broad SMARTS) is 1. The average molecular weight is 278 g/mol. The van der Waals surface area contributed by atoms with Gasteiger partial charge in [0.25, 0.3) is 0 Å². The molecule has 0 aliphatic carbocycles. The Bertz CT molecular complexity index is 510. The van der Waals surface area contributed by atoms with E-state index in [0.29, 0.717) is 12.3 Å². The highest BCUT2D eigenvalue weighted by Crippen LogP contribution is 2.24. The lowest BCUT2D eigenvalue weighted by molar-refractivity contribution is -0.120. The third-order valence-electron chi connectivity index (χ3n) is 3.38. The Morgan fingerprint density at radius 3 is 2.85 bits per heavy atom. The van der Waals surface area contributed by atoms with Crippen LogP contribution in [-0.4, -0.2) is 37.2 Å². The number of carbonyl (C=O) groups is 2. The summed E-state index contributed by atoms with van der Waals surface area (Å²) in [6, 6.07) is 4.51. The number of benzene rings is 1. The highest BCUT2D eigenvalue weighted by Gasteiger charge is 2.22. The van der Waals surface area contributed by atoms with Crippen molar-refractivity contribution >= 4 is 17.6 Å². The van der Waals surface area contributed by atoms with E-state index in [2.05, 4.69) is 10.6 Å². The Kier molecular flexibility index (Phi) is 4.57. The molecule has 1 aromatic rings. The van der Waals surface area contributed by atoms with E-state index in [1.54, 1.807) is 6.07 Å². The fourth-order valence-electron chi connectivity index (χ4n) is 2.25. The first-order valence-corrected chi connectivity index (χ1v) is 6.54. The molecule has 0 spiro atoms. The lowest BCUT2D eigenvalue weighted by Crippen LogP contribution is -2.37. The van der Waals surface area contributed by atoms with Crippen LogP contribution >= 0.6 is 0 Å². The van der Waals surface area contributed by atoms with Gasteiger partial charge in [-0.25, -0.2) is 4.79 Å². The van der Waals surface area contributed by atoms with Gasteiger partial charge in [-0.2, -0.15) is 0 Å². The lowest BCUT2D eigenvalue weighted by Gasteiger charge is -2.22. The maximum atomic E-state index is 12.2. The minimum Gasteiger partial charge on any atom is -0.497 e. The number of amides is 1. The molecule has 6 heteroatoms. The molecule has 0 aromatic heterocycles. The summed E-state index contributed by atoms with van der Waals surface area (Å²) in [5, 5.41) is 15.0. The van der Waals surface area contributed by atoms with E-state index in [1.807, 2.05) is 0 Å². The Balaban J connectivity index is 2.17. The highest BCUT2D eigenvalue weighted by molar-refractivity contribution is 6.01. The first kappa shape index (κ1) is 14.3. The van der Waals surface area contributed by atoms with Gasteiger partial charge >= 0.3 is 5.97 Å². The maximum Gasteiger partial charge on any atom is 0.337 e. The smallest absolute Gasteiger partial charge is 0.337 e. The van der Waals surface area contributed by atoms with Crippen LogP contribution < -0.4 is 15.4 Å². The molecule has 1 heterocycles. The van der Waals surface area contributed by atoms with Crippen molar-refractivity contribution in [2.45, 2.75) is 12.8 Å². The van der Waals surface area contributed by atoms with Crippen LogP contribution in [0.25, 0.3) is 0 Å². The molecular weight excluding hydrogens is 260 g/mol. The minimum atomic E-state index is -1.08. The number of anilines is 1. The third kappa shape index (κ3) is 3.27. The number of rotatable bonds is 4. The van der Waals surface area contributed by atoms with Crippen LogP contribution in [0.3, 0.4) is 0 Å². The Morgan fingerprint density at radius 2 is 2.25 bits per heavy atom. The largest absolute Gasteiger partial charge is 0.497 e. The van der Waals surface area contributed by atoms with Crippen molar-refractivity contribution in [1.29, 1.82) is 0 Å². The van der Waals surface area contributed by atoms with Gasteiger partial charge in [0.1, 0.15) is 5.75 Å². The minimum absolute atomic E-state index is 0.0583. The van der Waals surface area contributed by atoms with Crippen LogP contribution in [0.4, 0.5) is 5.69 Å². The number of hydrogen-bond donors (Lipinski definition) is 3. The van der Waals surface area contributed by atoms with E-state index in [1.165, 1.54) is 19.2 Å². The zero-order chi connectivity index (χ0) is 14.5. The van der Waals surface area contributed by atoms with Gasteiger partial charge in [-0.1, -0.05) is 0 Å². The highest BCUT2D eigenvalue weighted by atomic mass is 16.5. The van der Waals surface area contributed by atoms with Crippen LogP contribution in [0, 0.1) is 5.92 Å². The molecule has 0 unspecified atom stereocenters. The third-order valence-corrected chi connectivity index (χ3v) is 3.38. The molecule has 1 fully saturated rings. The zero-order valence-electron chi connectivity index (χ0n) is 11.3. The topological polar surface area (TPSA) is 87.7 Å². The number of nitrogens with one attached hydrogen (secondary N) is 2. The maximum absolute atomic E-state index is 12.2. The number of carboxylic acids is 1. The van der Waals surface area contributed by atoms with Gasteiger partial charge < -0.3 is 20.5 Å². The summed E-state index contributed by atoms with van der Waals surface area (Å²) in [5.41, 5.74) is 0.329. The van der Waals surface area contributed by atoms with Crippen molar-refractivity contribution in [2.75, 3.05) is 25.5 Å². The van der Waals surface area contributed by atoms with E-state index in [-0.39, 0.29) is 23.1 Å². The second-order valence-corrected chi connectivity index (χ2v) is 4.75. The molecule has 1 atom stereocenters. The Hall–Kier alpha value is -2.08. The molecule has 0 radical (unpaired) electrons. The summed E-state index contributed by atoms with van der Waals surface area (Å²) in [5.74, 6) is -0.860. The summed E-state index contributed by atoms with van der Waals surface area (Å²) in [4.78, 5) is 23.3. The van der Waals surface area contributed by atoms with Crippen LogP contribution in [0.15, 0.2) is 18.2 Å². The van der Waals surface area contributed by atoms with Crippen molar-refractivity contribution in [2.24, 2.45) is 5.92 Å². The quantitative estimate of drug-likeness (QED) is 0.773. The van der Waals surface area contributed by atoms with E-state index in [0.717, 1.165) is 19.4 Å². The van der Waals surface area contributed by atoms with Gasteiger partial charge in [-0.3, -0.25) is 4.79 Å². The summed E-state index contributed by atoms with van der Waals surface area (Å²) < 4.78 is 5.06. The van der Waals surface area contributed by atoms with Crippen LogP contribution in [0.2, 0.25) is 0 Å². The first-order valence-electron chi connectivity index (χ1n) is 6.54. The van der Waals surface area contributed by atoms with Crippen molar-refractivity contribution < 1.29 is 19.4 Å². The van der Waals surface area contributed by atoms with Crippen molar-refractivity contribution in [3.8, 4) is 5.75 Å². The second kappa shape index (κ2) is 6.38. The predicted octanol–water partition coefficient (Wildman–Crippen LogP) is 1.33.